The summed E-state index contributed by atoms with van der Waals surface area (Å²) in [6, 6.07) is 15.6. The summed E-state index contributed by atoms with van der Waals surface area (Å²) >= 11 is 0. The third-order valence-electron chi connectivity index (χ3n) is 6.23. The molecule has 0 radical (unpaired) electrons. The third-order valence-corrected chi connectivity index (χ3v) is 6.23. The Morgan fingerprint density at radius 1 is 1.12 bits per heavy atom. The van der Waals surface area contributed by atoms with Gasteiger partial charge in [0.1, 0.15) is 18.0 Å². The molecule has 2 aromatic carbocycles. The molecule has 2 aliphatic rings. The Kier molecular flexibility index (Phi) is 7.82. The molecular formula is C26H33N3O5. The first-order valence-electron chi connectivity index (χ1n) is 11.7. The number of hydrogen-bond donors (Lipinski definition) is 3. The zero-order chi connectivity index (χ0) is 24.1. The van der Waals surface area contributed by atoms with Gasteiger partial charge in [0.15, 0.2) is 0 Å². The van der Waals surface area contributed by atoms with E-state index in [1.54, 1.807) is 0 Å². The molecule has 182 valence electrons. The van der Waals surface area contributed by atoms with Gasteiger partial charge in [-0.05, 0) is 50.7 Å². The number of amides is 2. The Morgan fingerprint density at radius 2 is 1.91 bits per heavy atom. The standard InChI is InChI=1S/C26H33N3O5/c1-29(2)15-25(32)28-18-8-9-22-20(12-18)21-13-19(33-23(16-30)26(21)34-22)14-24(31)27-11-10-17-6-4-3-5-7-17/h3-9,12,19,21,23,26,30H,10-11,13-16H2,1-2H3,(H,27,31)(H,28,32)/t19-,21-,23+,26+/m0/s1. The van der Waals surface area contributed by atoms with E-state index in [2.05, 4.69) is 10.6 Å². The van der Waals surface area contributed by atoms with Gasteiger partial charge < -0.3 is 30.1 Å². The van der Waals surface area contributed by atoms with Crippen molar-refractivity contribution in [2.75, 3.05) is 39.1 Å². The van der Waals surface area contributed by atoms with E-state index in [-0.39, 0.29) is 43.0 Å². The van der Waals surface area contributed by atoms with Crippen molar-refractivity contribution >= 4 is 17.5 Å². The number of rotatable bonds is 9. The van der Waals surface area contributed by atoms with Gasteiger partial charge >= 0.3 is 0 Å². The fourth-order valence-electron chi connectivity index (χ4n) is 4.72. The van der Waals surface area contributed by atoms with Crippen LogP contribution in [-0.2, 0) is 20.7 Å². The van der Waals surface area contributed by atoms with E-state index in [0.717, 1.165) is 17.7 Å². The number of carbonyl (C=O) groups is 2. The van der Waals surface area contributed by atoms with Crippen molar-refractivity contribution in [2.24, 2.45) is 0 Å². The Labute approximate surface area is 200 Å². The molecule has 2 heterocycles. The number of nitrogens with zero attached hydrogens (tertiary/aromatic N) is 1. The number of aliphatic hydroxyl groups excluding tert-OH is 1. The topological polar surface area (TPSA) is 100 Å². The lowest BCUT2D eigenvalue weighted by atomic mass is 9.84. The van der Waals surface area contributed by atoms with Crippen LogP contribution in [0.2, 0.25) is 0 Å². The molecule has 0 bridgehead atoms. The molecular weight excluding hydrogens is 434 g/mol. The summed E-state index contributed by atoms with van der Waals surface area (Å²) in [5.74, 6) is 0.551. The summed E-state index contributed by atoms with van der Waals surface area (Å²) < 4.78 is 12.1. The Balaban J connectivity index is 1.37. The van der Waals surface area contributed by atoms with Crippen LogP contribution in [0.15, 0.2) is 48.5 Å². The molecule has 0 spiro atoms. The van der Waals surface area contributed by atoms with E-state index in [1.807, 2.05) is 67.5 Å². The highest BCUT2D eigenvalue weighted by Crippen LogP contribution is 2.47. The van der Waals surface area contributed by atoms with Gasteiger partial charge in [0, 0.05) is 23.7 Å². The molecule has 0 unspecified atom stereocenters. The van der Waals surface area contributed by atoms with Crippen LogP contribution >= 0.6 is 0 Å². The first-order chi connectivity index (χ1) is 16.4. The van der Waals surface area contributed by atoms with Gasteiger partial charge in [-0.2, -0.15) is 0 Å². The summed E-state index contributed by atoms with van der Waals surface area (Å²) in [6.45, 7) is 0.669. The zero-order valence-corrected chi connectivity index (χ0v) is 19.7. The van der Waals surface area contributed by atoms with Crippen LogP contribution in [-0.4, -0.2) is 73.9 Å². The minimum Gasteiger partial charge on any atom is -0.487 e. The minimum absolute atomic E-state index is 0.0197. The summed E-state index contributed by atoms with van der Waals surface area (Å²) in [5, 5.41) is 15.8. The van der Waals surface area contributed by atoms with Crippen LogP contribution in [0.3, 0.4) is 0 Å². The second-order valence-electron chi connectivity index (χ2n) is 9.23. The number of aliphatic hydroxyl groups is 1. The number of hydrogen-bond acceptors (Lipinski definition) is 6. The maximum absolute atomic E-state index is 12.6. The van der Waals surface area contributed by atoms with E-state index < -0.39 is 6.10 Å². The lowest BCUT2D eigenvalue weighted by Gasteiger charge is -2.37. The molecule has 34 heavy (non-hydrogen) atoms. The van der Waals surface area contributed by atoms with Crippen molar-refractivity contribution < 1.29 is 24.2 Å². The lowest BCUT2D eigenvalue weighted by Crippen LogP contribution is -2.47. The highest BCUT2D eigenvalue weighted by atomic mass is 16.6. The molecule has 4 rings (SSSR count). The average molecular weight is 468 g/mol. The fraction of sp³-hybridized carbons (Fsp3) is 0.462. The van der Waals surface area contributed by atoms with Crippen molar-refractivity contribution in [1.29, 1.82) is 0 Å². The molecule has 0 aliphatic carbocycles. The highest BCUT2D eigenvalue weighted by Gasteiger charge is 2.46. The number of ether oxygens (including phenoxy) is 2. The molecule has 8 heteroatoms. The largest absolute Gasteiger partial charge is 0.487 e. The molecule has 0 aromatic heterocycles. The van der Waals surface area contributed by atoms with Crippen molar-refractivity contribution in [3.63, 3.8) is 0 Å². The number of nitrogens with one attached hydrogen (secondary N) is 2. The number of anilines is 1. The second kappa shape index (κ2) is 11.0. The number of benzene rings is 2. The minimum atomic E-state index is -0.514. The molecule has 3 N–H and O–H groups in total. The number of likely N-dealkylation sites (N-methyl/N-ethyl adjacent to an activating group) is 1. The van der Waals surface area contributed by atoms with Crippen LogP contribution in [0.1, 0.15) is 29.9 Å². The van der Waals surface area contributed by atoms with E-state index in [9.17, 15) is 14.7 Å². The van der Waals surface area contributed by atoms with E-state index in [4.69, 9.17) is 9.47 Å². The van der Waals surface area contributed by atoms with Gasteiger partial charge in [0.05, 0.1) is 25.7 Å². The van der Waals surface area contributed by atoms with Crippen LogP contribution in [0.25, 0.3) is 0 Å². The van der Waals surface area contributed by atoms with Crippen LogP contribution in [0.5, 0.6) is 5.75 Å². The Hall–Kier alpha value is -2.94. The maximum Gasteiger partial charge on any atom is 0.238 e. The van der Waals surface area contributed by atoms with Gasteiger partial charge in [-0.25, -0.2) is 0 Å². The molecule has 2 aromatic rings. The van der Waals surface area contributed by atoms with Gasteiger partial charge in [0.2, 0.25) is 11.8 Å². The SMILES string of the molecule is CN(C)CC(=O)Nc1ccc2c(c1)[C@@H]1C[C@@H](CC(=O)NCCc3ccccc3)O[C@H](CO)[C@@H]1O2. The molecule has 8 nitrogen and oxygen atoms in total. The third kappa shape index (κ3) is 5.94. The smallest absolute Gasteiger partial charge is 0.238 e. The summed E-state index contributed by atoms with van der Waals surface area (Å²) in [5.41, 5.74) is 2.86. The van der Waals surface area contributed by atoms with Gasteiger partial charge in [-0.1, -0.05) is 30.3 Å². The van der Waals surface area contributed by atoms with Crippen molar-refractivity contribution in [3.8, 4) is 5.75 Å². The molecule has 0 saturated carbocycles. The lowest BCUT2D eigenvalue weighted by molar-refractivity contribution is -0.142. The monoisotopic (exact) mass is 467 g/mol. The van der Waals surface area contributed by atoms with Crippen molar-refractivity contribution in [3.05, 3.63) is 59.7 Å². The van der Waals surface area contributed by atoms with Crippen molar-refractivity contribution in [2.45, 2.75) is 43.5 Å². The normalized spacial score (nSPS) is 23.1. The Bertz CT molecular complexity index is 997. The molecule has 1 fully saturated rings. The first-order valence-corrected chi connectivity index (χ1v) is 11.7. The molecule has 4 atom stereocenters. The van der Waals surface area contributed by atoms with Gasteiger partial charge in [-0.3, -0.25) is 9.59 Å². The average Bonchev–Trinajstić information content (AvgIpc) is 3.16. The summed E-state index contributed by atoms with van der Waals surface area (Å²) in [6.07, 6.45) is 0.450. The quantitative estimate of drug-likeness (QED) is 0.521. The van der Waals surface area contributed by atoms with Crippen molar-refractivity contribution in [1.82, 2.24) is 10.2 Å². The Morgan fingerprint density at radius 3 is 2.65 bits per heavy atom. The van der Waals surface area contributed by atoms with Gasteiger partial charge in [-0.15, -0.1) is 0 Å². The van der Waals surface area contributed by atoms with Crippen LogP contribution in [0.4, 0.5) is 5.69 Å². The fourth-order valence-corrected chi connectivity index (χ4v) is 4.72. The molecule has 1 saturated heterocycles. The number of carbonyl (C=O) groups excluding carboxylic acids is 2. The zero-order valence-electron chi connectivity index (χ0n) is 19.7. The second-order valence-corrected chi connectivity index (χ2v) is 9.23. The van der Waals surface area contributed by atoms with E-state index >= 15 is 0 Å². The van der Waals surface area contributed by atoms with E-state index in [1.165, 1.54) is 5.56 Å². The summed E-state index contributed by atoms with van der Waals surface area (Å²) in [7, 11) is 3.69. The first kappa shape index (κ1) is 24.2. The number of fused-ring (bicyclic) bond motifs is 3. The van der Waals surface area contributed by atoms with E-state index in [0.29, 0.717) is 25.2 Å². The van der Waals surface area contributed by atoms with Gasteiger partial charge in [0.25, 0.3) is 0 Å². The van der Waals surface area contributed by atoms with Crippen LogP contribution in [0, 0.1) is 0 Å². The summed E-state index contributed by atoms with van der Waals surface area (Å²) in [4.78, 5) is 26.5. The maximum atomic E-state index is 12.6. The van der Waals surface area contributed by atoms with Crippen LogP contribution < -0.4 is 15.4 Å². The highest BCUT2D eigenvalue weighted by molar-refractivity contribution is 5.92. The predicted molar refractivity (Wildman–Crippen MR) is 129 cm³/mol. The predicted octanol–water partition coefficient (Wildman–Crippen LogP) is 1.93. The molecule has 2 aliphatic heterocycles. The molecule has 2 amide bonds.